The quantitative estimate of drug-likeness (QED) is 0.479. The van der Waals surface area contributed by atoms with Crippen LogP contribution in [0, 0.1) is 10.1 Å². The Kier molecular flexibility index (Phi) is 4.09. The molecule has 0 atom stereocenters. The molecule has 8 nitrogen and oxygen atoms in total. The fraction of sp³-hybridized carbons (Fsp3) is 0.333. The monoisotopic (exact) mass is 320 g/mol. The Morgan fingerprint density at radius 3 is 2.43 bits per heavy atom. The number of rotatable bonds is 2. The van der Waals surface area contributed by atoms with Gasteiger partial charge in [-0.15, -0.1) is 0 Å². The van der Waals surface area contributed by atoms with Gasteiger partial charge in [0.05, 0.1) is 28.5 Å². The van der Waals surface area contributed by atoms with E-state index < -0.39 is 22.6 Å². The minimum atomic E-state index is -0.772. The van der Waals surface area contributed by atoms with Gasteiger partial charge in [-0.3, -0.25) is 14.7 Å². The molecule has 0 bridgehead atoms. The summed E-state index contributed by atoms with van der Waals surface area (Å²) in [4.78, 5) is 34.8. The van der Waals surface area contributed by atoms with Gasteiger partial charge >= 0.3 is 12.1 Å². The highest BCUT2D eigenvalue weighted by molar-refractivity contribution is 6.10. The predicted octanol–water partition coefficient (Wildman–Crippen LogP) is 3.12. The number of benzene rings is 1. The molecule has 8 heteroatoms. The Morgan fingerprint density at radius 1 is 1.26 bits per heavy atom. The van der Waals surface area contributed by atoms with Crippen LogP contribution in [0.5, 0.6) is 0 Å². The number of carbonyl (C=O) groups is 2. The first-order chi connectivity index (χ1) is 10.7. The predicted molar refractivity (Wildman–Crippen MR) is 81.6 cm³/mol. The van der Waals surface area contributed by atoms with Gasteiger partial charge in [0.2, 0.25) is 0 Å². The molecule has 0 saturated carbocycles. The van der Waals surface area contributed by atoms with E-state index in [2.05, 4.69) is 4.74 Å². The molecule has 122 valence electrons. The highest BCUT2D eigenvalue weighted by Gasteiger charge is 2.27. The number of methoxy groups -OCH3 is 1. The summed E-state index contributed by atoms with van der Waals surface area (Å²) < 4.78 is 11.0. The van der Waals surface area contributed by atoms with Crippen LogP contribution < -0.4 is 0 Å². The Morgan fingerprint density at radius 2 is 1.91 bits per heavy atom. The molecule has 0 unspecified atom stereocenters. The lowest BCUT2D eigenvalue weighted by molar-refractivity contribution is -0.383. The number of aromatic nitrogens is 1. The molecule has 0 aliphatic rings. The van der Waals surface area contributed by atoms with Gasteiger partial charge in [-0.1, -0.05) is 6.07 Å². The van der Waals surface area contributed by atoms with Gasteiger partial charge in [0.1, 0.15) is 5.60 Å². The molecule has 2 aromatic rings. The van der Waals surface area contributed by atoms with E-state index in [4.69, 9.17) is 4.74 Å². The zero-order valence-electron chi connectivity index (χ0n) is 13.2. The third-order valence-electron chi connectivity index (χ3n) is 3.00. The van der Waals surface area contributed by atoms with Gasteiger partial charge in [-0.25, -0.2) is 9.59 Å². The van der Waals surface area contributed by atoms with Crippen molar-refractivity contribution in [1.82, 2.24) is 4.57 Å². The number of non-ortho nitro benzene ring substituents is 1. The summed E-state index contributed by atoms with van der Waals surface area (Å²) in [7, 11) is 1.16. The van der Waals surface area contributed by atoms with Crippen molar-refractivity contribution in [3.05, 3.63) is 40.1 Å². The lowest BCUT2D eigenvalue weighted by Crippen LogP contribution is -2.26. The van der Waals surface area contributed by atoms with E-state index in [9.17, 15) is 19.7 Å². The summed E-state index contributed by atoms with van der Waals surface area (Å²) >= 11 is 0. The maximum atomic E-state index is 12.3. The molecule has 0 aliphatic heterocycles. The lowest BCUT2D eigenvalue weighted by Gasteiger charge is -2.19. The summed E-state index contributed by atoms with van der Waals surface area (Å²) in [5, 5.41) is 11.3. The van der Waals surface area contributed by atoms with E-state index in [1.165, 1.54) is 24.4 Å². The molecule has 1 aromatic carbocycles. The van der Waals surface area contributed by atoms with Crippen LogP contribution in [0.4, 0.5) is 10.5 Å². The molecular weight excluding hydrogens is 304 g/mol. The molecular formula is C15H16N2O6. The zero-order valence-corrected chi connectivity index (χ0v) is 13.2. The minimum Gasteiger partial charge on any atom is -0.465 e. The van der Waals surface area contributed by atoms with Gasteiger partial charge < -0.3 is 9.47 Å². The van der Waals surface area contributed by atoms with Crippen LogP contribution in [0.1, 0.15) is 31.1 Å². The first kappa shape index (κ1) is 16.5. The van der Waals surface area contributed by atoms with Crippen LogP contribution in [0.15, 0.2) is 24.4 Å². The van der Waals surface area contributed by atoms with Crippen LogP contribution >= 0.6 is 0 Å². The smallest absolute Gasteiger partial charge is 0.419 e. The van der Waals surface area contributed by atoms with Crippen molar-refractivity contribution in [1.29, 1.82) is 0 Å². The van der Waals surface area contributed by atoms with Crippen molar-refractivity contribution < 1.29 is 24.0 Å². The van der Waals surface area contributed by atoms with E-state index in [1.54, 1.807) is 20.8 Å². The van der Waals surface area contributed by atoms with Crippen molar-refractivity contribution in [2.75, 3.05) is 7.11 Å². The highest BCUT2D eigenvalue weighted by atomic mass is 16.6. The molecule has 1 heterocycles. The van der Waals surface area contributed by atoms with E-state index >= 15 is 0 Å². The van der Waals surface area contributed by atoms with E-state index in [0.29, 0.717) is 0 Å². The molecule has 0 fully saturated rings. The van der Waals surface area contributed by atoms with Crippen molar-refractivity contribution in [3.63, 3.8) is 0 Å². The number of carbonyl (C=O) groups excluding carboxylic acids is 2. The molecule has 2 rings (SSSR count). The number of hydrogen-bond donors (Lipinski definition) is 0. The Labute approximate surface area is 131 Å². The van der Waals surface area contributed by atoms with Crippen molar-refractivity contribution >= 4 is 28.7 Å². The fourth-order valence-electron chi connectivity index (χ4n) is 2.15. The normalized spacial score (nSPS) is 11.3. The van der Waals surface area contributed by atoms with Crippen molar-refractivity contribution in [2.24, 2.45) is 0 Å². The van der Waals surface area contributed by atoms with Crippen LogP contribution in [0.3, 0.4) is 0 Å². The van der Waals surface area contributed by atoms with Crippen LogP contribution in [0.25, 0.3) is 10.9 Å². The second-order valence-corrected chi connectivity index (χ2v) is 5.81. The van der Waals surface area contributed by atoms with Crippen molar-refractivity contribution in [2.45, 2.75) is 26.4 Å². The molecule has 0 radical (unpaired) electrons. The van der Waals surface area contributed by atoms with Crippen LogP contribution in [0.2, 0.25) is 0 Å². The number of nitro benzene ring substituents is 1. The maximum Gasteiger partial charge on any atom is 0.419 e. The second-order valence-electron chi connectivity index (χ2n) is 5.81. The topological polar surface area (TPSA) is 101 Å². The third kappa shape index (κ3) is 3.15. The average Bonchev–Trinajstić information content (AvgIpc) is 2.84. The minimum absolute atomic E-state index is 0.0372. The summed E-state index contributed by atoms with van der Waals surface area (Å²) in [5.41, 5.74) is -0.903. The number of esters is 1. The third-order valence-corrected chi connectivity index (χ3v) is 3.00. The summed E-state index contributed by atoms with van der Waals surface area (Å²) in [6.07, 6.45) is 0.454. The number of fused-ring (bicyclic) bond motifs is 1. The van der Waals surface area contributed by atoms with Gasteiger partial charge in [0, 0.05) is 12.3 Å². The summed E-state index contributed by atoms with van der Waals surface area (Å²) in [5.74, 6) is -0.772. The average molecular weight is 320 g/mol. The SMILES string of the molecule is COC(=O)c1cn(C(=O)OC(C)(C)C)c2cccc([N+](=O)[O-])c12. The van der Waals surface area contributed by atoms with Gasteiger partial charge in [-0.05, 0) is 26.8 Å². The molecule has 0 saturated heterocycles. The van der Waals surface area contributed by atoms with Gasteiger partial charge in [-0.2, -0.15) is 0 Å². The Balaban J connectivity index is 2.73. The number of hydrogen-bond acceptors (Lipinski definition) is 6. The van der Waals surface area contributed by atoms with Crippen LogP contribution in [-0.4, -0.2) is 34.3 Å². The first-order valence-electron chi connectivity index (χ1n) is 6.76. The first-order valence-corrected chi connectivity index (χ1v) is 6.76. The van der Waals surface area contributed by atoms with Gasteiger partial charge in [0.25, 0.3) is 5.69 Å². The molecule has 0 N–H and O–H groups in total. The summed E-state index contributed by atoms with van der Waals surface area (Å²) in [6.45, 7) is 5.08. The molecule has 1 aromatic heterocycles. The zero-order chi connectivity index (χ0) is 17.4. The largest absolute Gasteiger partial charge is 0.465 e. The van der Waals surface area contributed by atoms with E-state index in [0.717, 1.165) is 11.7 Å². The standard InChI is InChI=1S/C15H16N2O6/c1-15(2,3)23-14(19)16-8-9(13(18)22-4)12-10(16)6-5-7-11(12)17(20)21/h5-8H,1-4H3. The summed E-state index contributed by atoms with van der Waals surface area (Å²) in [6, 6.07) is 4.19. The van der Waals surface area contributed by atoms with Crippen LogP contribution in [-0.2, 0) is 9.47 Å². The molecule has 0 spiro atoms. The van der Waals surface area contributed by atoms with Gasteiger partial charge in [0.15, 0.2) is 0 Å². The van der Waals surface area contributed by atoms with Crippen molar-refractivity contribution in [3.8, 4) is 0 Å². The second kappa shape index (κ2) is 5.71. The lowest BCUT2D eigenvalue weighted by atomic mass is 10.1. The molecule has 0 amide bonds. The molecule has 23 heavy (non-hydrogen) atoms. The number of nitrogens with zero attached hydrogens (tertiary/aromatic N) is 2. The molecule has 0 aliphatic carbocycles. The highest BCUT2D eigenvalue weighted by Crippen LogP contribution is 2.31. The number of ether oxygens (including phenoxy) is 2. The fourth-order valence-corrected chi connectivity index (χ4v) is 2.15. The Bertz CT molecular complexity index is 800. The maximum absolute atomic E-state index is 12.3. The van der Waals surface area contributed by atoms with E-state index in [-0.39, 0.29) is 22.2 Å². The Hall–Kier alpha value is -2.90. The van der Waals surface area contributed by atoms with E-state index in [1.807, 2.05) is 0 Å². The number of nitro groups is 1.